The number of hydrazone groups is 1. The second-order valence-electron chi connectivity index (χ2n) is 4.36. The second-order valence-corrected chi connectivity index (χ2v) is 5.93. The van der Waals surface area contributed by atoms with Crippen LogP contribution < -0.4 is 10.7 Å². The maximum atomic E-state index is 6.14. The molecule has 0 aromatic heterocycles. The van der Waals surface area contributed by atoms with Gasteiger partial charge in [-0.05, 0) is 32.1 Å². The molecule has 8 heteroatoms. The molecule has 4 nitrogen and oxygen atoms in total. The van der Waals surface area contributed by atoms with E-state index < -0.39 is 0 Å². The molecule has 0 aliphatic carbocycles. The quantitative estimate of drug-likeness (QED) is 0.358. The number of hydrogen-bond acceptors (Lipinski definition) is 3. The average Bonchev–Trinajstić information content (AvgIpc) is 2.42. The van der Waals surface area contributed by atoms with Crippen molar-refractivity contribution in [1.82, 2.24) is 10.7 Å². The SMILES string of the molecule is COC[C@@H](C)NC(=S)N/N=C(/C)c1ccc(Cl)c(Cl)c1Cl. The van der Waals surface area contributed by atoms with Crippen molar-refractivity contribution in [2.75, 3.05) is 13.7 Å². The van der Waals surface area contributed by atoms with Crippen LogP contribution in [0.4, 0.5) is 0 Å². The van der Waals surface area contributed by atoms with E-state index >= 15 is 0 Å². The van der Waals surface area contributed by atoms with Crippen LogP contribution in [0, 0.1) is 0 Å². The molecule has 0 bridgehead atoms. The molecule has 2 N–H and O–H groups in total. The molecule has 0 saturated carbocycles. The Labute approximate surface area is 144 Å². The molecule has 1 rings (SSSR count). The van der Waals surface area contributed by atoms with Crippen molar-refractivity contribution < 1.29 is 4.74 Å². The Morgan fingerprint density at radius 1 is 1.33 bits per heavy atom. The van der Waals surface area contributed by atoms with Gasteiger partial charge in [-0.2, -0.15) is 5.10 Å². The fraction of sp³-hybridized carbons (Fsp3) is 0.385. The van der Waals surface area contributed by atoms with Crippen molar-refractivity contribution in [3.05, 3.63) is 32.8 Å². The molecule has 0 spiro atoms. The molecule has 116 valence electrons. The van der Waals surface area contributed by atoms with Gasteiger partial charge in [-0.25, -0.2) is 0 Å². The highest BCUT2D eigenvalue weighted by Crippen LogP contribution is 2.32. The first-order valence-corrected chi connectivity index (χ1v) is 7.64. The van der Waals surface area contributed by atoms with Gasteiger partial charge in [-0.1, -0.05) is 40.9 Å². The number of nitrogens with zero attached hydrogens (tertiary/aromatic N) is 1. The standard InChI is InChI=1S/C13H16Cl3N3OS/c1-7(6-20-3)17-13(21)19-18-8(2)9-4-5-10(14)12(16)11(9)15/h4-5,7H,6H2,1-3H3,(H2,17,19,21)/b18-8-/t7-/m1/s1. The van der Waals surface area contributed by atoms with Crippen molar-refractivity contribution in [3.8, 4) is 0 Å². The van der Waals surface area contributed by atoms with Gasteiger partial charge in [0.1, 0.15) is 0 Å². The van der Waals surface area contributed by atoms with Crippen molar-refractivity contribution in [1.29, 1.82) is 0 Å². The van der Waals surface area contributed by atoms with E-state index in [0.717, 1.165) is 0 Å². The maximum absolute atomic E-state index is 6.14. The molecule has 0 fully saturated rings. The smallest absolute Gasteiger partial charge is 0.187 e. The highest BCUT2D eigenvalue weighted by molar-refractivity contribution is 7.80. The number of halogens is 3. The van der Waals surface area contributed by atoms with Crippen LogP contribution >= 0.6 is 47.0 Å². The minimum absolute atomic E-state index is 0.0825. The van der Waals surface area contributed by atoms with Crippen LogP contribution in [-0.2, 0) is 4.74 Å². The van der Waals surface area contributed by atoms with Gasteiger partial charge in [-0.15, -0.1) is 0 Å². The van der Waals surface area contributed by atoms with Gasteiger partial charge in [-0.3, -0.25) is 5.43 Å². The number of thiocarbonyl (C=S) groups is 1. The summed E-state index contributed by atoms with van der Waals surface area (Å²) >= 11 is 23.2. The van der Waals surface area contributed by atoms with Gasteiger partial charge < -0.3 is 10.1 Å². The van der Waals surface area contributed by atoms with Crippen LogP contribution in [0.3, 0.4) is 0 Å². The Hall–Kier alpha value is -0.590. The Morgan fingerprint density at radius 3 is 2.62 bits per heavy atom. The normalized spacial score (nSPS) is 13.0. The molecule has 0 radical (unpaired) electrons. The lowest BCUT2D eigenvalue weighted by Gasteiger charge is -2.14. The lowest BCUT2D eigenvalue weighted by molar-refractivity contribution is 0.179. The van der Waals surface area contributed by atoms with Crippen LogP contribution in [0.2, 0.25) is 15.1 Å². The van der Waals surface area contributed by atoms with E-state index in [0.29, 0.717) is 38.1 Å². The number of nitrogens with one attached hydrogen (secondary N) is 2. The number of benzene rings is 1. The monoisotopic (exact) mass is 367 g/mol. The van der Waals surface area contributed by atoms with E-state index in [1.807, 2.05) is 6.92 Å². The lowest BCUT2D eigenvalue weighted by atomic mass is 10.1. The average molecular weight is 369 g/mol. The van der Waals surface area contributed by atoms with Crippen molar-refractivity contribution in [3.63, 3.8) is 0 Å². The molecule has 0 aliphatic rings. The summed E-state index contributed by atoms with van der Waals surface area (Å²) in [6, 6.07) is 3.50. The zero-order valence-corrected chi connectivity index (χ0v) is 14.9. The number of ether oxygens (including phenoxy) is 1. The summed E-state index contributed by atoms with van der Waals surface area (Å²) in [6.07, 6.45) is 0. The zero-order valence-electron chi connectivity index (χ0n) is 11.8. The first-order valence-electron chi connectivity index (χ1n) is 6.10. The van der Waals surface area contributed by atoms with Crippen LogP contribution in [-0.4, -0.2) is 30.6 Å². The van der Waals surface area contributed by atoms with Crippen LogP contribution in [0.1, 0.15) is 19.4 Å². The highest BCUT2D eigenvalue weighted by atomic mass is 35.5. The lowest BCUT2D eigenvalue weighted by Crippen LogP contribution is -2.40. The molecule has 0 saturated heterocycles. The first-order chi connectivity index (χ1) is 9.86. The summed E-state index contributed by atoms with van der Waals surface area (Å²) in [7, 11) is 1.63. The molecule has 0 amide bonds. The molecule has 0 heterocycles. The second kappa shape index (κ2) is 8.76. The van der Waals surface area contributed by atoms with E-state index in [1.165, 1.54) is 0 Å². The summed E-state index contributed by atoms with van der Waals surface area (Å²) in [4.78, 5) is 0. The van der Waals surface area contributed by atoms with E-state index in [9.17, 15) is 0 Å². The van der Waals surface area contributed by atoms with Gasteiger partial charge in [0.2, 0.25) is 0 Å². The molecular formula is C13H16Cl3N3OS. The Bertz CT molecular complexity index is 552. The number of methoxy groups -OCH3 is 1. The molecular weight excluding hydrogens is 353 g/mol. The molecule has 1 atom stereocenters. The van der Waals surface area contributed by atoms with Crippen LogP contribution in [0.5, 0.6) is 0 Å². The largest absolute Gasteiger partial charge is 0.383 e. The Morgan fingerprint density at radius 2 is 2.00 bits per heavy atom. The van der Waals surface area contributed by atoms with Gasteiger partial charge in [0, 0.05) is 18.7 Å². The van der Waals surface area contributed by atoms with Crippen molar-refractivity contribution >= 4 is 57.8 Å². The predicted molar refractivity (Wildman–Crippen MR) is 93.9 cm³/mol. The predicted octanol–water partition coefficient (Wildman–Crippen LogP) is 3.87. The van der Waals surface area contributed by atoms with Crippen molar-refractivity contribution in [2.45, 2.75) is 19.9 Å². The first kappa shape index (κ1) is 18.5. The Kier molecular flexibility index (Phi) is 7.70. The van der Waals surface area contributed by atoms with Crippen LogP contribution in [0.25, 0.3) is 0 Å². The number of rotatable bonds is 5. The molecule has 1 aromatic rings. The minimum atomic E-state index is 0.0825. The van der Waals surface area contributed by atoms with E-state index in [-0.39, 0.29) is 6.04 Å². The summed E-state index contributed by atoms with van der Waals surface area (Å²) in [6.45, 7) is 4.28. The van der Waals surface area contributed by atoms with Crippen molar-refractivity contribution in [2.24, 2.45) is 5.10 Å². The molecule has 21 heavy (non-hydrogen) atoms. The fourth-order valence-corrected chi connectivity index (χ4v) is 2.47. The third-order valence-corrected chi connectivity index (χ3v) is 4.05. The number of hydrogen-bond donors (Lipinski definition) is 2. The fourth-order valence-electron chi connectivity index (χ4n) is 1.55. The van der Waals surface area contributed by atoms with E-state index in [4.69, 9.17) is 51.8 Å². The van der Waals surface area contributed by atoms with E-state index in [2.05, 4.69) is 15.8 Å². The van der Waals surface area contributed by atoms with E-state index in [1.54, 1.807) is 26.2 Å². The summed E-state index contributed by atoms with van der Waals surface area (Å²) in [5.41, 5.74) is 4.08. The summed E-state index contributed by atoms with van der Waals surface area (Å²) in [5.74, 6) is 0. The third-order valence-electron chi connectivity index (χ3n) is 2.54. The van der Waals surface area contributed by atoms with Gasteiger partial charge >= 0.3 is 0 Å². The topological polar surface area (TPSA) is 45.6 Å². The Balaban J connectivity index is 2.73. The van der Waals surface area contributed by atoms with Gasteiger partial charge in [0.25, 0.3) is 0 Å². The minimum Gasteiger partial charge on any atom is -0.383 e. The van der Waals surface area contributed by atoms with Gasteiger partial charge in [0.05, 0.1) is 27.4 Å². The molecule has 0 unspecified atom stereocenters. The molecule has 1 aromatic carbocycles. The maximum Gasteiger partial charge on any atom is 0.187 e. The van der Waals surface area contributed by atoms with Crippen LogP contribution in [0.15, 0.2) is 17.2 Å². The summed E-state index contributed by atoms with van der Waals surface area (Å²) in [5, 5.41) is 8.67. The summed E-state index contributed by atoms with van der Waals surface area (Å²) < 4.78 is 5.01. The highest BCUT2D eigenvalue weighted by Gasteiger charge is 2.11. The molecule has 0 aliphatic heterocycles. The third kappa shape index (κ3) is 5.60. The van der Waals surface area contributed by atoms with Gasteiger partial charge in [0.15, 0.2) is 5.11 Å². The zero-order chi connectivity index (χ0) is 16.0.